The number of ether oxygens (including phenoxy) is 2. The highest BCUT2D eigenvalue weighted by atomic mass is 35.5. The van der Waals surface area contributed by atoms with Gasteiger partial charge in [0.05, 0.1) is 30.3 Å². The van der Waals surface area contributed by atoms with Gasteiger partial charge in [-0.25, -0.2) is 9.79 Å². The summed E-state index contributed by atoms with van der Waals surface area (Å²) < 4.78 is 10.5. The van der Waals surface area contributed by atoms with Gasteiger partial charge in [-0.05, 0) is 35.6 Å². The van der Waals surface area contributed by atoms with Crippen LogP contribution in [0.4, 0.5) is 0 Å². The van der Waals surface area contributed by atoms with Crippen LogP contribution in [-0.4, -0.2) is 42.3 Å². The number of amidine groups is 1. The number of nitrogens with one attached hydrogen (secondary N) is 1. The fraction of sp³-hybridized carbons (Fsp3) is 0.269. The Labute approximate surface area is 213 Å². The molecule has 1 unspecified atom stereocenters. The smallest absolute Gasteiger partial charge is 0.338 e. The average molecular weight is 512 g/mol. The van der Waals surface area contributed by atoms with Crippen LogP contribution in [0.5, 0.6) is 0 Å². The normalized spacial score (nSPS) is 17.0. The Bertz CT molecular complexity index is 1200. The third-order valence-electron chi connectivity index (χ3n) is 5.58. The highest BCUT2D eigenvalue weighted by Gasteiger charge is 2.41. The number of carbonyl (C=O) groups is 2. The molecule has 0 saturated carbocycles. The van der Waals surface area contributed by atoms with Gasteiger partial charge in [0.2, 0.25) is 5.91 Å². The third-order valence-corrected chi connectivity index (χ3v) is 6.70. The van der Waals surface area contributed by atoms with Crippen LogP contribution in [0, 0.1) is 0 Å². The van der Waals surface area contributed by atoms with E-state index in [1.54, 1.807) is 20.1 Å². The molecule has 1 N–H and O–H groups in total. The number of allylic oxidation sites excluding steroid dienone is 1. The number of rotatable bonds is 9. The number of hydrogen-bond donors (Lipinski definition) is 1. The molecular weight excluding hydrogens is 486 g/mol. The minimum atomic E-state index is -0.528. The number of nitrogens with zero attached hydrogens (tertiary/aromatic N) is 2. The first kappa shape index (κ1) is 25.0. The second-order valence-corrected chi connectivity index (χ2v) is 9.29. The van der Waals surface area contributed by atoms with Crippen molar-refractivity contribution in [3.63, 3.8) is 0 Å². The van der Waals surface area contributed by atoms with Crippen LogP contribution in [-0.2, 0) is 25.6 Å². The van der Waals surface area contributed by atoms with Crippen molar-refractivity contribution in [1.82, 2.24) is 10.2 Å². The standard InChI is InChI=1S/C26H26ClN3O4S/c1-17-23(25(32)34-12-11-33-2)24(19-9-6-10-20(27)13-19)30-21(16-35-26(30)29-17)14-22(31)28-15-18-7-4-3-5-8-18/h3-10,13,16,24H,11-12,14-15H2,1-2H3,(H,28,31). The predicted octanol–water partition coefficient (Wildman–Crippen LogP) is 4.81. The fourth-order valence-corrected chi connectivity index (χ4v) is 5.10. The maximum absolute atomic E-state index is 13.2. The number of thioether (sulfide) groups is 1. The van der Waals surface area contributed by atoms with E-state index in [1.165, 1.54) is 11.8 Å². The maximum atomic E-state index is 13.2. The summed E-state index contributed by atoms with van der Waals surface area (Å²) in [5.74, 6) is -0.598. The zero-order valence-electron chi connectivity index (χ0n) is 19.5. The lowest BCUT2D eigenvalue weighted by atomic mass is 9.94. The van der Waals surface area contributed by atoms with E-state index < -0.39 is 12.0 Å². The monoisotopic (exact) mass is 511 g/mol. The molecule has 2 aliphatic heterocycles. The van der Waals surface area contributed by atoms with Crippen molar-refractivity contribution < 1.29 is 19.1 Å². The molecule has 182 valence electrons. The predicted molar refractivity (Wildman–Crippen MR) is 138 cm³/mol. The van der Waals surface area contributed by atoms with Crippen LogP contribution in [0.25, 0.3) is 0 Å². The maximum Gasteiger partial charge on any atom is 0.338 e. The Morgan fingerprint density at radius 1 is 1.14 bits per heavy atom. The van der Waals surface area contributed by atoms with Gasteiger partial charge in [0.15, 0.2) is 5.17 Å². The SMILES string of the molecule is COCCOC(=O)C1=C(C)N=C2SC=C(CC(=O)NCc3ccccc3)N2C1c1cccc(Cl)c1. The van der Waals surface area contributed by atoms with E-state index in [2.05, 4.69) is 10.3 Å². The Hall–Kier alpha value is -3.07. The van der Waals surface area contributed by atoms with Crippen LogP contribution in [0.3, 0.4) is 0 Å². The zero-order valence-corrected chi connectivity index (χ0v) is 21.1. The number of carbonyl (C=O) groups excluding carboxylic acids is 2. The number of fused-ring (bicyclic) bond motifs is 1. The van der Waals surface area contributed by atoms with Crippen molar-refractivity contribution >= 4 is 40.4 Å². The molecule has 7 nitrogen and oxygen atoms in total. The Morgan fingerprint density at radius 2 is 1.94 bits per heavy atom. The molecule has 2 aromatic rings. The fourth-order valence-electron chi connectivity index (χ4n) is 3.94. The van der Waals surface area contributed by atoms with E-state index in [0.29, 0.717) is 34.6 Å². The van der Waals surface area contributed by atoms with Gasteiger partial charge in [-0.2, -0.15) is 0 Å². The quantitative estimate of drug-likeness (QED) is 0.384. The Morgan fingerprint density at radius 3 is 2.69 bits per heavy atom. The minimum Gasteiger partial charge on any atom is -0.460 e. The molecule has 1 atom stereocenters. The molecule has 0 aromatic heterocycles. The van der Waals surface area contributed by atoms with Crippen LogP contribution in [0.2, 0.25) is 5.02 Å². The van der Waals surface area contributed by atoms with Crippen LogP contribution < -0.4 is 5.32 Å². The molecule has 2 aliphatic rings. The lowest BCUT2D eigenvalue weighted by molar-refractivity contribution is -0.141. The molecule has 1 amide bonds. The van der Waals surface area contributed by atoms with E-state index in [0.717, 1.165) is 16.8 Å². The summed E-state index contributed by atoms with van der Waals surface area (Å²) in [5, 5.41) is 6.13. The summed E-state index contributed by atoms with van der Waals surface area (Å²) in [6.07, 6.45) is 0.140. The van der Waals surface area contributed by atoms with Crippen LogP contribution in [0.15, 0.2) is 82.0 Å². The Balaban J connectivity index is 1.59. The number of benzene rings is 2. The Kier molecular flexibility index (Phi) is 8.28. The van der Waals surface area contributed by atoms with Crippen molar-refractivity contribution in [2.75, 3.05) is 20.3 Å². The summed E-state index contributed by atoms with van der Waals surface area (Å²) in [7, 11) is 1.55. The molecule has 9 heteroatoms. The van der Waals surface area contributed by atoms with Crippen molar-refractivity contribution in [3.05, 3.63) is 93.1 Å². The number of amides is 1. The van der Waals surface area contributed by atoms with Crippen molar-refractivity contribution in [2.45, 2.75) is 25.9 Å². The van der Waals surface area contributed by atoms with Gasteiger partial charge in [-0.15, -0.1) is 0 Å². The molecule has 0 aliphatic carbocycles. The van der Waals surface area contributed by atoms with Gasteiger partial charge in [0.1, 0.15) is 6.61 Å². The van der Waals surface area contributed by atoms with Crippen LogP contribution in [0.1, 0.15) is 30.5 Å². The largest absolute Gasteiger partial charge is 0.460 e. The molecule has 4 rings (SSSR count). The lowest BCUT2D eigenvalue weighted by Gasteiger charge is -2.36. The number of methoxy groups -OCH3 is 1. The zero-order chi connectivity index (χ0) is 24.8. The molecule has 0 saturated heterocycles. The highest BCUT2D eigenvalue weighted by molar-refractivity contribution is 8.16. The molecule has 0 spiro atoms. The molecule has 35 heavy (non-hydrogen) atoms. The molecule has 2 aromatic carbocycles. The minimum absolute atomic E-state index is 0.123. The first-order valence-electron chi connectivity index (χ1n) is 11.1. The lowest BCUT2D eigenvalue weighted by Crippen LogP contribution is -2.38. The van der Waals surface area contributed by atoms with Gasteiger partial charge in [-0.1, -0.05) is 65.8 Å². The molecular formula is C26H26ClN3O4S. The number of hydrogen-bond acceptors (Lipinski definition) is 7. The number of halogens is 1. The third kappa shape index (κ3) is 5.96. The number of aliphatic imine (C=N–C) groups is 1. The molecule has 2 heterocycles. The first-order valence-corrected chi connectivity index (χ1v) is 12.4. The molecule has 0 bridgehead atoms. The van der Waals surface area contributed by atoms with E-state index >= 15 is 0 Å². The van der Waals surface area contributed by atoms with E-state index in [4.69, 9.17) is 21.1 Å². The van der Waals surface area contributed by atoms with Crippen molar-refractivity contribution in [2.24, 2.45) is 4.99 Å². The highest BCUT2D eigenvalue weighted by Crippen LogP contribution is 2.45. The van der Waals surface area contributed by atoms with Gasteiger partial charge in [-0.3, -0.25) is 4.79 Å². The van der Waals surface area contributed by atoms with Gasteiger partial charge >= 0.3 is 5.97 Å². The van der Waals surface area contributed by atoms with Crippen LogP contribution >= 0.6 is 23.4 Å². The molecule has 0 radical (unpaired) electrons. The second kappa shape index (κ2) is 11.6. The molecule has 0 fully saturated rings. The summed E-state index contributed by atoms with van der Waals surface area (Å²) >= 11 is 7.74. The van der Waals surface area contributed by atoms with Crippen molar-refractivity contribution in [1.29, 1.82) is 0 Å². The van der Waals surface area contributed by atoms with E-state index in [-0.39, 0.29) is 18.9 Å². The van der Waals surface area contributed by atoms with E-state index in [1.807, 2.05) is 58.8 Å². The average Bonchev–Trinajstić information content (AvgIpc) is 3.24. The van der Waals surface area contributed by atoms with Gasteiger partial charge in [0, 0.05) is 24.4 Å². The number of esters is 1. The summed E-state index contributed by atoms with van der Waals surface area (Å²) in [6.45, 7) is 2.65. The second-order valence-electron chi connectivity index (χ2n) is 8.02. The summed E-state index contributed by atoms with van der Waals surface area (Å²) in [5.41, 5.74) is 3.55. The topological polar surface area (TPSA) is 80.2 Å². The van der Waals surface area contributed by atoms with Crippen molar-refractivity contribution in [3.8, 4) is 0 Å². The first-order chi connectivity index (χ1) is 17.0. The van der Waals surface area contributed by atoms with E-state index in [9.17, 15) is 9.59 Å². The van der Waals surface area contributed by atoms with Gasteiger partial charge in [0.25, 0.3) is 0 Å². The summed E-state index contributed by atoms with van der Waals surface area (Å²) in [4.78, 5) is 32.6. The summed E-state index contributed by atoms with van der Waals surface area (Å²) in [6, 6.07) is 16.6. The van der Waals surface area contributed by atoms with Gasteiger partial charge < -0.3 is 19.7 Å².